The highest BCUT2D eigenvalue weighted by molar-refractivity contribution is 6.00. The zero-order valence-electron chi connectivity index (χ0n) is 17.7. The van der Waals surface area contributed by atoms with Crippen LogP contribution in [0.3, 0.4) is 0 Å². The molecule has 3 aromatic rings. The molecule has 0 unspecified atom stereocenters. The number of benzene rings is 1. The molecule has 1 aromatic carbocycles. The molecule has 6 heteroatoms. The van der Waals surface area contributed by atoms with E-state index in [0.29, 0.717) is 18.2 Å². The molecule has 30 heavy (non-hydrogen) atoms. The maximum absolute atomic E-state index is 13.3. The first kappa shape index (κ1) is 18.7. The fourth-order valence-corrected chi connectivity index (χ4v) is 4.57. The van der Waals surface area contributed by atoms with E-state index in [-0.39, 0.29) is 17.2 Å². The third-order valence-corrected chi connectivity index (χ3v) is 5.98. The average Bonchev–Trinajstić information content (AvgIpc) is 3.12. The van der Waals surface area contributed by atoms with Gasteiger partial charge in [0, 0.05) is 35.6 Å². The maximum atomic E-state index is 13.3. The Kier molecular flexibility index (Phi) is 4.13. The van der Waals surface area contributed by atoms with Gasteiger partial charge in [-0.25, -0.2) is 4.68 Å². The number of nitrogens with one attached hydrogen (secondary N) is 1. The lowest BCUT2D eigenvalue weighted by Gasteiger charge is -2.38. The molecule has 5 rings (SSSR count). The highest BCUT2D eigenvalue weighted by Gasteiger charge is 2.42. The standard InChI is InChI=1S/C24H25N5O/c1-14-7-8-15(2)17(10-14)21-20-18(11-24(3,4)12-19(20)30)26-23-27-22(28-29(21)23)16-6-5-9-25-13-16/h5-10,13,21H,11-12H2,1-4H3,(H,26,27,28)/t21-/m1/s1. The number of hydrogen-bond donors (Lipinski definition) is 1. The summed E-state index contributed by atoms with van der Waals surface area (Å²) < 4.78 is 1.87. The number of Topliss-reactive ketones (excluding diaryl/α,β-unsaturated/α-hetero) is 1. The van der Waals surface area contributed by atoms with Crippen molar-refractivity contribution in [2.24, 2.45) is 5.41 Å². The minimum absolute atomic E-state index is 0.0799. The molecule has 152 valence electrons. The summed E-state index contributed by atoms with van der Waals surface area (Å²) >= 11 is 0. The first-order chi connectivity index (χ1) is 14.3. The van der Waals surface area contributed by atoms with Gasteiger partial charge in [0.05, 0.1) is 0 Å². The lowest BCUT2D eigenvalue weighted by molar-refractivity contribution is -0.118. The number of pyridine rings is 1. The van der Waals surface area contributed by atoms with Crippen molar-refractivity contribution < 1.29 is 4.79 Å². The summed E-state index contributed by atoms with van der Waals surface area (Å²) in [4.78, 5) is 22.3. The topological polar surface area (TPSA) is 72.7 Å². The van der Waals surface area contributed by atoms with E-state index in [0.717, 1.165) is 39.9 Å². The van der Waals surface area contributed by atoms with Gasteiger partial charge in [0.1, 0.15) is 6.04 Å². The van der Waals surface area contributed by atoms with Gasteiger partial charge < -0.3 is 5.32 Å². The van der Waals surface area contributed by atoms with E-state index in [2.05, 4.69) is 56.2 Å². The Bertz CT molecular complexity index is 1190. The maximum Gasteiger partial charge on any atom is 0.226 e. The lowest BCUT2D eigenvalue weighted by Crippen LogP contribution is -2.36. The van der Waals surface area contributed by atoms with Crippen LogP contribution >= 0.6 is 0 Å². The molecule has 0 saturated heterocycles. The summed E-state index contributed by atoms with van der Waals surface area (Å²) in [6.45, 7) is 8.45. The van der Waals surface area contributed by atoms with E-state index < -0.39 is 0 Å². The van der Waals surface area contributed by atoms with Crippen LogP contribution in [0, 0.1) is 19.3 Å². The van der Waals surface area contributed by atoms with Crippen LogP contribution in [0.25, 0.3) is 11.4 Å². The van der Waals surface area contributed by atoms with Crippen molar-refractivity contribution >= 4 is 11.7 Å². The summed E-state index contributed by atoms with van der Waals surface area (Å²) in [6.07, 6.45) is 4.84. The minimum Gasteiger partial charge on any atom is -0.328 e. The Morgan fingerprint density at radius 3 is 2.77 bits per heavy atom. The third-order valence-electron chi connectivity index (χ3n) is 5.98. The Balaban J connectivity index is 1.73. The van der Waals surface area contributed by atoms with Gasteiger partial charge in [0.15, 0.2) is 11.6 Å². The monoisotopic (exact) mass is 399 g/mol. The lowest BCUT2D eigenvalue weighted by atomic mass is 9.72. The number of hydrogen-bond acceptors (Lipinski definition) is 5. The normalized spacial score (nSPS) is 19.9. The van der Waals surface area contributed by atoms with Crippen molar-refractivity contribution in [2.75, 3.05) is 5.32 Å². The number of fused-ring (bicyclic) bond motifs is 1. The second-order valence-corrected chi connectivity index (χ2v) is 9.17. The van der Waals surface area contributed by atoms with Crippen molar-refractivity contribution in [3.05, 3.63) is 70.7 Å². The Morgan fingerprint density at radius 1 is 1.17 bits per heavy atom. The molecule has 0 bridgehead atoms. The van der Waals surface area contributed by atoms with E-state index in [1.165, 1.54) is 0 Å². The van der Waals surface area contributed by atoms with Gasteiger partial charge in [-0.05, 0) is 48.9 Å². The van der Waals surface area contributed by atoms with Crippen LogP contribution in [0.15, 0.2) is 54.0 Å². The van der Waals surface area contributed by atoms with Crippen molar-refractivity contribution in [1.29, 1.82) is 0 Å². The molecule has 1 aliphatic heterocycles. The number of aromatic nitrogens is 4. The van der Waals surface area contributed by atoms with Gasteiger partial charge in [0.25, 0.3) is 0 Å². The molecule has 2 aromatic heterocycles. The summed E-state index contributed by atoms with van der Waals surface area (Å²) in [5, 5.41) is 8.26. The van der Waals surface area contributed by atoms with E-state index in [1.807, 2.05) is 16.8 Å². The van der Waals surface area contributed by atoms with Crippen molar-refractivity contribution in [3.63, 3.8) is 0 Å². The van der Waals surface area contributed by atoms with Gasteiger partial charge in [-0.1, -0.05) is 37.6 Å². The van der Waals surface area contributed by atoms with Crippen molar-refractivity contribution in [3.8, 4) is 11.4 Å². The fourth-order valence-electron chi connectivity index (χ4n) is 4.57. The van der Waals surface area contributed by atoms with Crippen LogP contribution in [-0.4, -0.2) is 25.5 Å². The van der Waals surface area contributed by atoms with Crippen molar-refractivity contribution in [1.82, 2.24) is 19.7 Å². The van der Waals surface area contributed by atoms with Crippen LogP contribution in [0.5, 0.6) is 0 Å². The van der Waals surface area contributed by atoms with E-state index in [4.69, 9.17) is 10.1 Å². The predicted octanol–water partition coefficient (Wildman–Crippen LogP) is 4.62. The number of rotatable bonds is 2. The molecule has 1 aliphatic carbocycles. The van der Waals surface area contributed by atoms with Gasteiger partial charge in [-0.2, -0.15) is 4.98 Å². The first-order valence-corrected chi connectivity index (χ1v) is 10.3. The van der Waals surface area contributed by atoms with Gasteiger partial charge in [-0.3, -0.25) is 9.78 Å². The van der Waals surface area contributed by atoms with Gasteiger partial charge in [0.2, 0.25) is 5.95 Å². The smallest absolute Gasteiger partial charge is 0.226 e. The number of allylic oxidation sites excluding steroid dienone is 2. The Labute approximate surface area is 176 Å². The minimum atomic E-state index is -0.280. The number of nitrogens with zero attached hydrogens (tertiary/aromatic N) is 4. The van der Waals surface area contributed by atoms with Crippen LogP contribution in [0.4, 0.5) is 5.95 Å². The van der Waals surface area contributed by atoms with Crippen LogP contribution < -0.4 is 5.32 Å². The number of aryl methyl sites for hydroxylation is 2. The summed E-state index contributed by atoms with van der Waals surface area (Å²) in [7, 11) is 0. The summed E-state index contributed by atoms with van der Waals surface area (Å²) in [6, 6.07) is 9.92. The van der Waals surface area contributed by atoms with Gasteiger partial charge >= 0.3 is 0 Å². The van der Waals surface area contributed by atoms with E-state index >= 15 is 0 Å². The van der Waals surface area contributed by atoms with Crippen molar-refractivity contribution in [2.45, 2.75) is 46.6 Å². The summed E-state index contributed by atoms with van der Waals surface area (Å²) in [5.74, 6) is 1.46. The second kappa shape index (κ2) is 6.62. The van der Waals surface area contributed by atoms with Crippen LogP contribution in [0.1, 0.15) is 49.4 Å². The number of ketones is 1. The molecule has 0 amide bonds. The van der Waals surface area contributed by atoms with Crippen LogP contribution in [0.2, 0.25) is 0 Å². The van der Waals surface area contributed by atoms with Gasteiger partial charge in [-0.15, -0.1) is 5.10 Å². The largest absolute Gasteiger partial charge is 0.328 e. The number of carbonyl (C=O) groups excluding carboxylic acids is 1. The molecular weight excluding hydrogens is 374 g/mol. The zero-order chi connectivity index (χ0) is 21.0. The van der Waals surface area contributed by atoms with E-state index in [9.17, 15) is 4.79 Å². The molecule has 1 atom stereocenters. The molecule has 0 fully saturated rings. The first-order valence-electron chi connectivity index (χ1n) is 10.3. The average molecular weight is 399 g/mol. The molecular formula is C24H25N5O. The fraction of sp³-hybridized carbons (Fsp3) is 0.333. The number of anilines is 1. The molecule has 3 heterocycles. The molecule has 1 N–H and O–H groups in total. The van der Waals surface area contributed by atoms with Crippen LogP contribution in [-0.2, 0) is 4.79 Å². The number of carbonyl (C=O) groups is 1. The summed E-state index contributed by atoms with van der Waals surface area (Å²) in [5.41, 5.74) is 5.96. The highest BCUT2D eigenvalue weighted by atomic mass is 16.1. The molecule has 0 saturated carbocycles. The molecule has 0 radical (unpaired) electrons. The molecule has 6 nitrogen and oxygen atoms in total. The SMILES string of the molecule is Cc1ccc(C)c([C@@H]2C3=C(CC(C)(C)CC3=O)Nc3nc(-c4cccnc4)nn32)c1. The zero-order valence-corrected chi connectivity index (χ0v) is 17.7. The van der Waals surface area contributed by atoms with E-state index in [1.54, 1.807) is 12.4 Å². The molecule has 2 aliphatic rings. The molecule has 0 spiro atoms. The Morgan fingerprint density at radius 2 is 2.00 bits per heavy atom. The Hall–Kier alpha value is -3.28. The predicted molar refractivity (Wildman–Crippen MR) is 116 cm³/mol. The quantitative estimate of drug-likeness (QED) is 0.681. The second-order valence-electron chi connectivity index (χ2n) is 9.17. The third kappa shape index (κ3) is 3.03. The highest BCUT2D eigenvalue weighted by Crippen LogP contribution is 2.46.